The van der Waals surface area contributed by atoms with Gasteiger partial charge in [0.05, 0.1) is 16.3 Å². The van der Waals surface area contributed by atoms with Crippen molar-refractivity contribution in [3.05, 3.63) is 57.0 Å². The van der Waals surface area contributed by atoms with Crippen LogP contribution in [0.15, 0.2) is 40.9 Å². The van der Waals surface area contributed by atoms with Gasteiger partial charge in [-0.1, -0.05) is 33.6 Å². The highest BCUT2D eigenvalue weighted by Gasteiger charge is 2.11. The fraction of sp³-hybridized carbons (Fsp3) is 0.0714. The van der Waals surface area contributed by atoms with Crippen LogP contribution in [0, 0.1) is 6.92 Å². The van der Waals surface area contributed by atoms with E-state index in [-0.39, 0.29) is 5.91 Å². The van der Waals surface area contributed by atoms with Crippen molar-refractivity contribution in [2.24, 2.45) is 0 Å². The van der Waals surface area contributed by atoms with Crippen molar-refractivity contribution in [2.45, 2.75) is 6.92 Å². The Morgan fingerprint density at radius 2 is 2.00 bits per heavy atom. The van der Waals surface area contributed by atoms with E-state index in [2.05, 4.69) is 21.2 Å². The molecule has 3 N–H and O–H groups in total. The Hall–Kier alpha value is -1.52. The summed E-state index contributed by atoms with van der Waals surface area (Å²) in [6, 6.07) is 10.6. The van der Waals surface area contributed by atoms with Gasteiger partial charge in [-0.25, -0.2) is 0 Å². The van der Waals surface area contributed by atoms with Crippen LogP contribution < -0.4 is 11.1 Å². The van der Waals surface area contributed by atoms with Gasteiger partial charge in [0.2, 0.25) is 0 Å². The number of rotatable bonds is 2. The summed E-state index contributed by atoms with van der Waals surface area (Å²) in [4.78, 5) is 12.1. The Bertz CT molecular complexity index is 643. The minimum Gasteiger partial charge on any atom is -0.398 e. The average Bonchev–Trinajstić information content (AvgIpc) is 2.32. The number of carbonyl (C=O) groups is 1. The number of carbonyl (C=O) groups excluding carboxylic acids is 1. The molecular weight excluding hydrogens is 328 g/mol. The van der Waals surface area contributed by atoms with Gasteiger partial charge < -0.3 is 11.1 Å². The van der Waals surface area contributed by atoms with Gasteiger partial charge in [-0.2, -0.15) is 0 Å². The number of halogens is 2. The van der Waals surface area contributed by atoms with E-state index >= 15 is 0 Å². The molecule has 0 fully saturated rings. The molecule has 2 aromatic carbocycles. The van der Waals surface area contributed by atoms with Gasteiger partial charge in [0.25, 0.3) is 5.91 Å². The van der Waals surface area contributed by atoms with E-state index in [0.29, 0.717) is 22.0 Å². The molecule has 0 saturated heterocycles. The largest absolute Gasteiger partial charge is 0.398 e. The number of nitrogens with two attached hydrogens (primary N) is 1. The quantitative estimate of drug-likeness (QED) is 0.804. The zero-order chi connectivity index (χ0) is 14.0. The molecule has 0 aromatic heterocycles. The second-order valence-electron chi connectivity index (χ2n) is 4.17. The summed E-state index contributed by atoms with van der Waals surface area (Å²) in [6.07, 6.45) is 0. The summed E-state index contributed by atoms with van der Waals surface area (Å²) in [5.74, 6) is -0.282. The van der Waals surface area contributed by atoms with Crippen molar-refractivity contribution in [3.8, 4) is 0 Å². The third-order valence-electron chi connectivity index (χ3n) is 2.63. The van der Waals surface area contributed by atoms with E-state index in [4.69, 9.17) is 17.3 Å². The van der Waals surface area contributed by atoms with E-state index < -0.39 is 0 Å². The molecule has 2 rings (SSSR count). The highest BCUT2D eigenvalue weighted by molar-refractivity contribution is 9.10. The topological polar surface area (TPSA) is 55.1 Å². The van der Waals surface area contributed by atoms with Crippen molar-refractivity contribution in [3.63, 3.8) is 0 Å². The molecule has 19 heavy (non-hydrogen) atoms. The van der Waals surface area contributed by atoms with Gasteiger partial charge in [-0.3, -0.25) is 4.79 Å². The van der Waals surface area contributed by atoms with Crippen LogP contribution in [0.4, 0.5) is 11.4 Å². The van der Waals surface area contributed by atoms with Crippen LogP contribution >= 0.6 is 27.5 Å². The molecule has 0 unspecified atom stereocenters. The van der Waals surface area contributed by atoms with Crippen LogP contribution in [0.5, 0.6) is 0 Å². The Morgan fingerprint density at radius 1 is 1.26 bits per heavy atom. The second-order valence-corrected chi connectivity index (χ2v) is 5.49. The minimum absolute atomic E-state index is 0.282. The van der Waals surface area contributed by atoms with Gasteiger partial charge >= 0.3 is 0 Å². The SMILES string of the molecule is Cc1ccc(NC(=O)c2ccc(Br)cc2N)c(Cl)c1. The Morgan fingerprint density at radius 3 is 2.63 bits per heavy atom. The van der Waals surface area contributed by atoms with E-state index in [9.17, 15) is 4.79 Å². The molecule has 0 heterocycles. The maximum absolute atomic E-state index is 12.1. The Kier molecular flexibility index (Phi) is 4.12. The highest BCUT2D eigenvalue weighted by Crippen LogP contribution is 2.25. The fourth-order valence-electron chi connectivity index (χ4n) is 1.65. The normalized spacial score (nSPS) is 10.3. The van der Waals surface area contributed by atoms with Gasteiger partial charge in [0.1, 0.15) is 0 Å². The third-order valence-corrected chi connectivity index (χ3v) is 3.44. The number of benzene rings is 2. The predicted molar refractivity (Wildman–Crippen MR) is 82.7 cm³/mol. The Labute approximate surface area is 124 Å². The first-order valence-electron chi connectivity index (χ1n) is 5.60. The number of hydrogen-bond acceptors (Lipinski definition) is 2. The van der Waals surface area contributed by atoms with Crippen LogP contribution in [0.25, 0.3) is 0 Å². The molecule has 0 spiro atoms. The molecule has 0 aliphatic heterocycles. The Balaban J connectivity index is 2.25. The van der Waals surface area contributed by atoms with Crippen LogP contribution in [-0.4, -0.2) is 5.91 Å². The summed E-state index contributed by atoms with van der Waals surface area (Å²) < 4.78 is 0.829. The maximum Gasteiger partial charge on any atom is 0.257 e. The number of hydrogen-bond donors (Lipinski definition) is 2. The predicted octanol–water partition coefficient (Wildman–Crippen LogP) is 4.25. The van der Waals surface area contributed by atoms with Gasteiger partial charge in [0, 0.05) is 10.2 Å². The monoisotopic (exact) mass is 338 g/mol. The minimum atomic E-state index is -0.282. The lowest BCUT2D eigenvalue weighted by Gasteiger charge is -2.09. The van der Waals surface area contributed by atoms with Gasteiger partial charge in [-0.05, 0) is 42.8 Å². The van der Waals surface area contributed by atoms with Crippen LogP contribution in [0.2, 0.25) is 5.02 Å². The highest BCUT2D eigenvalue weighted by atomic mass is 79.9. The van der Waals surface area contributed by atoms with Crippen LogP contribution in [-0.2, 0) is 0 Å². The van der Waals surface area contributed by atoms with Crippen molar-refractivity contribution in [1.82, 2.24) is 0 Å². The third kappa shape index (κ3) is 3.28. The summed E-state index contributed by atoms with van der Waals surface area (Å²) in [7, 11) is 0. The van der Waals surface area contributed by atoms with E-state index in [0.717, 1.165) is 10.0 Å². The molecule has 0 radical (unpaired) electrons. The second kappa shape index (κ2) is 5.63. The number of nitrogen functional groups attached to an aromatic ring is 1. The van der Waals surface area contributed by atoms with E-state index in [1.165, 1.54) is 0 Å². The number of anilines is 2. The fourth-order valence-corrected chi connectivity index (χ4v) is 2.31. The molecule has 3 nitrogen and oxygen atoms in total. The first-order chi connectivity index (χ1) is 8.97. The van der Waals surface area contributed by atoms with Crippen molar-refractivity contribution < 1.29 is 4.79 Å². The van der Waals surface area contributed by atoms with Crippen molar-refractivity contribution in [1.29, 1.82) is 0 Å². The van der Waals surface area contributed by atoms with E-state index in [1.54, 1.807) is 30.3 Å². The lowest BCUT2D eigenvalue weighted by Crippen LogP contribution is -2.14. The lowest BCUT2D eigenvalue weighted by atomic mass is 10.1. The zero-order valence-electron chi connectivity index (χ0n) is 10.2. The van der Waals surface area contributed by atoms with E-state index in [1.807, 2.05) is 13.0 Å². The molecule has 5 heteroatoms. The average molecular weight is 340 g/mol. The molecule has 0 saturated carbocycles. The molecule has 0 aliphatic rings. The summed E-state index contributed by atoms with van der Waals surface area (Å²) in [6.45, 7) is 1.93. The molecular formula is C14H12BrClN2O. The number of amides is 1. The number of nitrogens with one attached hydrogen (secondary N) is 1. The first-order valence-corrected chi connectivity index (χ1v) is 6.77. The lowest BCUT2D eigenvalue weighted by molar-refractivity contribution is 0.102. The standard InChI is InChI=1S/C14H12BrClN2O/c1-8-2-5-13(11(16)6-8)18-14(19)10-4-3-9(15)7-12(10)17/h2-7H,17H2,1H3,(H,18,19). The van der Waals surface area contributed by atoms with Crippen LogP contribution in [0.3, 0.4) is 0 Å². The summed E-state index contributed by atoms with van der Waals surface area (Å²) in [5.41, 5.74) is 8.25. The maximum atomic E-state index is 12.1. The molecule has 0 bridgehead atoms. The molecule has 2 aromatic rings. The molecule has 0 aliphatic carbocycles. The zero-order valence-corrected chi connectivity index (χ0v) is 12.5. The van der Waals surface area contributed by atoms with Crippen molar-refractivity contribution >= 4 is 44.8 Å². The van der Waals surface area contributed by atoms with Gasteiger partial charge in [-0.15, -0.1) is 0 Å². The van der Waals surface area contributed by atoms with Crippen molar-refractivity contribution in [2.75, 3.05) is 11.1 Å². The van der Waals surface area contributed by atoms with Crippen LogP contribution in [0.1, 0.15) is 15.9 Å². The molecule has 1 amide bonds. The smallest absolute Gasteiger partial charge is 0.257 e. The summed E-state index contributed by atoms with van der Waals surface area (Å²) in [5, 5.41) is 3.25. The first kappa shape index (κ1) is 13.9. The molecule has 0 atom stereocenters. The summed E-state index contributed by atoms with van der Waals surface area (Å²) >= 11 is 9.37. The van der Waals surface area contributed by atoms with Gasteiger partial charge in [0.15, 0.2) is 0 Å². The number of aryl methyl sites for hydroxylation is 1. The molecule has 98 valence electrons.